The van der Waals surface area contributed by atoms with Crippen molar-refractivity contribution in [1.82, 2.24) is 0 Å². The quantitative estimate of drug-likeness (QED) is 0.345. The normalized spacial score (nSPS) is 0. The van der Waals surface area contributed by atoms with Crippen molar-refractivity contribution in [3.8, 4) is 0 Å². The number of rotatable bonds is 0. The van der Waals surface area contributed by atoms with E-state index in [-0.39, 0.29) is 84.6 Å². The van der Waals surface area contributed by atoms with Gasteiger partial charge < -0.3 is 65.7 Å². The predicted molar refractivity (Wildman–Crippen MR) is 50.5 cm³/mol. The minimum atomic E-state index is 0. The summed E-state index contributed by atoms with van der Waals surface area (Å²) in [6, 6.07) is 0. The topological polar surface area (TPSA) is 378 Å². The summed E-state index contributed by atoms with van der Waals surface area (Å²) in [6.45, 7) is 0. The summed E-state index contributed by atoms with van der Waals surface area (Å²) in [5, 5.41) is 0. The Balaban J connectivity index is 0. The van der Waals surface area contributed by atoms with Gasteiger partial charge in [-0.1, -0.05) is 0 Å². The van der Waals surface area contributed by atoms with Gasteiger partial charge in [-0.2, -0.15) is 0 Å². The van der Waals surface area contributed by atoms with Crippen LogP contribution in [0.2, 0.25) is 0 Å². The van der Waals surface area contributed by atoms with Gasteiger partial charge in [0.1, 0.15) is 0 Å². The van der Waals surface area contributed by atoms with Crippen molar-refractivity contribution in [1.29, 1.82) is 0 Å². The Morgan fingerprint density at radius 2 is 0.154 bits per heavy atom. The Hall–Kier alpha value is 0.117. The molecule has 0 rings (SSSR count). The van der Waals surface area contributed by atoms with E-state index in [2.05, 4.69) is 0 Å². The summed E-state index contributed by atoms with van der Waals surface area (Å²) >= 11 is 0. The fourth-order valence-electron chi connectivity index (χ4n) is 0. The number of hydrogen-bond donors (Lipinski definition) is 0. The third kappa shape index (κ3) is 90000. The van der Waals surface area contributed by atoms with Crippen LogP contribution in [-0.2, 0) is 0 Å². The Kier molecular flexibility index (Phi) is 1170000000. The zero-order valence-corrected chi connectivity index (χ0v) is 6.00. The maximum absolute atomic E-state index is 0. The summed E-state index contributed by atoms with van der Waals surface area (Å²) < 4.78 is 0. The second kappa shape index (κ2) is 109000. The molecule has 0 aromatic rings. The van der Waals surface area contributed by atoms with Gasteiger partial charge in [-0.15, -0.1) is 0 Å². The standard InChI is InChI=1S/Li.12H2O.H/h;12*1H2;. The molecule has 0 aromatic carbocycles. The van der Waals surface area contributed by atoms with E-state index in [9.17, 15) is 0 Å². The Morgan fingerprint density at radius 1 is 0.154 bits per heavy atom. The Morgan fingerprint density at radius 3 is 0.154 bits per heavy atom. The molecule has 0 aliphatic heterocycles. The summed E-state index contributed by atoms with van der Waals surface area (Å²) in [5.74, 6) is 0. The first-order valence-corrected chi connectivity index (χ1v) is 0. The van der Waals surface area contributed by atoms with E-state index in [4.69, 9.17) is 0 Å². The van der Waals surface area contributed by atoms with E-state index in [1.807, 2.05) is 0 Å². The van der Waals surface area contributed by atoms with Crippen LogP contribution >= 0.6 is 0 Å². The zero-order valence-electron chi connectivity index (χ0n) is 6.00. The molecule has 98 valence electrons. The van der Waals surface area contributed by atoms with Gasteiger partial charge in [-0.25, -0.2) is 0 Å². The van der Waals surface area contributed by atoms with Crippen LogP contribution in [0.1, 0.15) is 0 Å². The minimum absolute atomic E-state index is 0. The summed E-state index contributed by atoms with van der Waals surface area (Å²) in [4.78, 5) is 0. The first-order chi connectivity index (χ1) is 0. The van der Waals surface area contributed by atoms with Crippen LogP contribution in [0.4, 0.5) is 0 Å². The zero-order chi connectivity index (χ0) is 0. The second-order valence-corrected chi connectivity index (χ2v) is 0. The molecule has 0 unspecified atom stereocenters. The molecule has 24 N–H and O–H groups in total. The van der Waals surface area contributed by atoms with Gasteiger partial charge in [-0.05, 0) is 0 Å². The van der Waals surface area contributed by atoms with E-state index < -0.39 is 0 Å². The average Bonchev–Trinajstić information content (AvgIpc) is 0. The van der Waals surface area contributed by atoms with Gasteiger partial charge in [0.2, 0.25) is 0 Å². The molecule has 0 radical (unpaired) electrons. The molecule has 13 heavy (non-hydrogen) atoms. The van der Waals surface area contributed by atoms with Crippen molar-refractivity contribution in [3.05, 3.63) is 0 Å². The Labute approximate surface area is 85.4 Å². The van der Waals surface area contributed by atoms with Crippen LogP contribution in [0, 0.1) is 0 Å². The van der Waals surface area contributed by atoms with Crippen LogP contribution in [0.3, 0.4) is 0 Å². The van der Waals surface area contributed by atoms with E-state index in [1.54, 1.807) is 0 Å². The molecule has 0 amide bonds. The molecule has 0 aliphatic carbocycles. The fourth-order valence-corrected chi connectivity index (χ4v) is 0. The molecule has 0 fully saturated rings. The van der Waals surface area contributed by atoms with E-state index in [0.29, 0.717) is 0 Å². The van der Waals surface area contributed by atoms with Gasteiger partial charge in [-0.3, -0.25) is 0 Å². The van der Waals surface area contributed by atoms with Gasteiger partial charge in [0, 0.05) is 0 Å². The summed E-state index contributed by atoms with van der Waals surface area (Å²) in [5.41, 5.74) is 0. The molecular formula is H25LiO12. The molecule has 0 atom stereocenters. The van der Waals surface area contributed by atoms with Crippen molar-refractivity contribution in [2.45, 2.75) is 0 Å². The number of hydrogen-bond acceptors (Lipinski definition) is 0. The fraction of sp³-hybridized carbons (Fsp3) is 0. The van der Waals surface area contributed by atoms with Crippen LogP contribution in [0.5, 0.6) is 0 Å². The van der Waals surface area contributed by atoms with Gasteiger partial charge in [0.15, 0.2) is 0 Å². The van der Waals surface area contributed by atoms with Crippen molar-refractivity contribution in [3.63, 3.8) is 0 Å². The van der Waals surface area contributed by atoms with Crippen LogP contribution in [-0.4, -0.2) is 84.6 Å². The van der Waals surface area contributed by atoms with Crippen molar-refractivity contribution < 1.29 is 65.7 Å². The molecule has 13 heteroatoms. The third-order valence-electron chi connectivity index (χ3n) is 0. The molecule has 0 spiro atoms. The van der Waals surface area contributed by atoms with Crippen LogP contribution < -0.4 is 0 Å². The monoisotopic (exact) mass is 224 g/mol. The molecular weight excluding hydrogens is 199 g/mol. The third-order valence-corrected chi connectivity index (χ3v) is 0. The Bertz CT molecular complexity index is 5.09. The van der Waals surface area contributed by atoms with Crippen molar-refractivity contribution in [2.75, 3.05) is 0 Å². The van der Waals surface area contributed by atoms with E-state index >= 15 is 0 Å². The van der Waals surface area contributed by atoms with Crippen LogP contribution in [0.15, 0.2) is 0 Å². The van der Waals surface area contributed by atoms with E-state index in [0.717, 1.165) is 0 Å². The summed E-state index contributed by atoms with van der Waals surface area (Å²) in [7, 11) is 0. The van der Waals surface area contributed by atoms with Gasteiger partial charge >= 0.3 is 18.9 Å². The first kappa shape index (κ1) is 140000. The van der Waals surface area contributed by atoms with Gasteiger partial charge in [0.25, 0.3) is 0 Å². The maximum atomic E-state index is 0. The van der Waals surface area contributed by atoms with Crippen molar-refractivity contribution >= 4 is 18.9 Å². The molecule has 0 saturated carbocycles. The first-order valence-electron chi connectivity index (χ1n) is 0. The molecule has 0 aliphatic rings. The SMILES string of the molecule is O.O.O.O.O.O.O.O.O.O.O.O.[LiH]. The molecule has 0 saturated heterocycles. The van der Waals surface area contributed by atoms with Gasteiger partial charge in [0.05, 0.1) is 0 Å². The predicted octanol–water partition coefficient (Wildman–Crippen LogP) is -10.5. The molecule has 0 heterocycles. The molecule has 0 bridgehead atoms. The molecule has 12 nitrogen and oxygen atoms in total. The average molecular weight is 224 g/mol. The van der Waals surface area contributed by atoms with E-state index in [1.165, 1.54) is 0 Å². The summed E-state index contributed by atoms with van der Waals surface area (Å²) in [6.07, 6.45) is 0. The van der Waals surface area contributed by atoms with Crippen LogP contribution in [0.25, 0.3) is 0 Å². The molecule has 0 aromatic heterocycles. The second-order valence-electron chi connectivity index (χ2n) is 0. The van der Waals surface area contributed by atoms with Crippen molar-refractivity contribution in [2.24, 2.45) is 0 Å².